The Bertz CT molecular complexity index is 1280. The van der Waals surface area contributed by atoms with Crippen LogP contribution in [0.3, 0.4) is 0 Å². The molecule has 0 radical (unpaired) electrons. The molecule has 5 nitrogen and oxygen atoms in total. The first-order valence-corrected chi connectivity index (χ1v) is 14.0. The van der Waals surface area contributed by atoms with Gasteiger partial charge in [0.2, 0.25) is 0 Å². The van der Waals surface area contributed by atoms with E-state index in [0.717, 1.165) is 39.2 Å². The van der Waals surface area contributed by atoms with Crippen molar-refractivity contribution in [3.8, 4) is 0 Å². The molecule has 0 unspecified atom stereocenters. The van der Waals surface area contributed by atoms with E-state index in [2.05, 4.69) is 69.1 Å². The first kappa shape index (κ1) is 26.8. The average Bonchev–Trinajstić information content (AvgIpc) is 3.21. The van der Waals surface area contributed by atoms with Gasteiger partial charge in [-0.1, -0.05) is 66.7 Å². The molecule has 0 atom stereocenters. The Morgan fingerprint density at radius 2 is 1.23 bits per heavy atom. The summed E-state index contributed by atoms with van der Waals surface area (Å²) in [5.41, 5.74) is 7.59. The van der Waals surface area contributed by atoms with E-state index < -0.39 is 0 Å². The van der Waals surface area contributed by atoms with E-state index >= 15 is 0 Å². The molecule has 0 bridgehead atoms. The van der Waals surface area contributed by atoms with Crippen LogP contribution in [0, 0.1) is 27.7 Å². The number of aromatic nitrogens is 3. The minimum atomic E-state index is 0.194. The first-order chi connectivity index (χ1) is 16.9. The van der Waals surface area contributed by atoms with Crippen molar-refractivity contribution < 1.29 is 13.1 Å². The van der Waals surface area contributed by atoms with Crippen LogP contribution in [0.2, 0.25) is 0 Å². The number of hydrogen-bond acceptors (Lipinski definition) is 4. The van der Waals surface area contributed by atoms with Gasteiger partial charge in [0.05, 0.1) is 30.3 Å². The van der Waals surface area contributed by atoms with E-state index in [9.17, 15) is 0 Å². The summed E-state index contributed by atoms with van der Waals surface area (Å²) in [5, 5.41) is 4.70. The summed E-state index contributed by atoms with van der Waals surface area (Å²) in [5.74, 6) is 1.26. The van der Waals surface area contributed by atoms with Gasteiger partial charge in [0.25, 0.3) is 0 Å². The predicted molar refractivity (Wildman–Crippen MR) is 144 cm³/mol. The van der Waals surface area contributed by atoms with E-state index in [1.807, 2.05) is 35.0 Å². The standard InChI is InChI=1S/C27H27N5.2ClH.Fe/c1-19-10-8-11-20(2)26(19)28-16-24-30-25(17-29-27-21(3)12-9-13-22(27)4)32(31-24)18-23-14-6-5-7-15-23;;;/h5-17H,18H2,1-4H3;2*1H;/q;;;+2/p-2. The Morgan fingerprint density at radius 3 is 1.74 bits per heavy atom. The second-order valence-corrected chi connectivity index (χ2v) is 9.84. The van der Waals surface area contributed by atoms with Crippen LogP contribution in [0.4, 0.5) is 11.4 Å². The number of para-hydroxylation sites is 2. The number of aryl methyl sites for hydroxylation is 4. The van der Waals surface area contributed by atoms with Crippen molar-refractivity contribution in [1.29, 1.82) is 0 Å². The van der Waals surface area contributed by atoms with Gasteiger partial charge in [-0.15, -0.1) is 5.10 Å². The van der Waals surface area contributed by atoms with E-state index in [1.54, 1.807) is 12.4 Å². The molecular formula is C27H27Cl2FeN5. The molecule has 0 aliphatic rings. The Balaban J connectivity index is 0.00000108. The van der Waals surface area contributed by atoms with Crippen LogP contribution < -0.4 is 0 Å². The van der Waals surface area contributed by atoms with Crippen LogP contribution in [0.5, 0.6) is 0 Å². The Kier molecular flexibility index (Phi) is 10.2. The fourth-order valence-electron chi connectivity index (χ4n) is 3.66. The fraction of sp³-hybridized carbons (Fsp3) is 0.185. The molecule has 4 aromatic rings. The summed E-state index contributed by atoms with van der Waals surface area (Å²) in [4.78, 5) is 14.1. The predicted octanol–water partition coefficient (Wildman–Crippen LogP) is 7.44. The van der Waals surface area contributed by atoms with Gasteiger partial charge in [-0.25, -0.2) is 9.67 Å². The Labute approximate surface area is 221 Å². The van der Waals surface area contributed by atoms with Crippen molar-refractivity contribution in [3.05, 3.63) is 106 Å². The molecule has 0 saturated heterocycles. The van der Waals surface area contributed by atoms with Crippen molar-refractivity contribution in [3.63, 3.8) is 0 Å². The normalized spacial score (nSPS) is 11.3. The quantitative estimate of drug-likeness (QED) is 0.186. The topological polar surface area (TPSA) is 55.4 Å². The first-order valence-electron chi connectivity index (χ1n) is 11.0. The van der Waals surface area contributed by atoms with Gasteiger partial charge in [-0.2, -0.15) is 0 Å². The van der Waals surface area contributed by atoms with E-state index in [1.165, 1.54) is 0 Å². The number of hydrogen-bond donors (Lipinski definition) is 0. The second kappa shape index (κ2) is 13.4. The maximum atomic E-state index is 4.76. The van der Waals surface area contributed by atoms with Crippen molar-refractivity contribution >= 4 is 44.0 Å². The number of rotatable bonds is 6. The Morgan fingerprint density at radius 1 is 0.743 bits per heavy atom. The molecule has 182 valence electrons. The van der Waals surface area contributed by atoms with Crippen molar-refractivity contribution in [2.24, 2.45) is 9.98 Å². The van der Waals surface area contributed by atoms with Crippen LogP contribution in [-0.2, 0) is 19.7 Å². The molecule has 1 aromatic heterocycles. The molecule has 0 amide bonds. The molecule has 0 N–H and O–H groups in total. The summed E-state index contributed by atoms with van der Waals surface area (Å²) in [7, 11) is 9.53. The van der Waals surface area contributed by atoms with Gasteiger partial charge < -0.3 is 0 Å². The molecule has 0 aliphatic heterocycles. The summed E-state index contributed by atoms with van der Waals surface area (Å²) in [6.45, 7) is 8.86. The maximum absolute atomic E-state index is 4.76. The van der Waals surface area contributed by atoms with Crippen LogP contribution in [0.1, 0.15) is 39.5 Å². The zero-order valence-electron chi connectivity index (χ0n) is 20.1. The van der Waals surface area contributed by atoms with Crippen molar-refractivity contribution in [1.82, 2.24) is 14.8 Å². The molecule has 0 fully saturated rings. The van der Waals surface area contributed by atoms with Crippen molar-refractivity contribution in [2.75, 3.05) is 0 Å². The third-order valence-corrected chi connectivity index (χ3v) is 5.39. The van der Waals surface area contributed by atoms with E-state index in [0.29, 0.717) is 18.2 Å². The average molecular weight is 548 g/mol. The SMILES string of the molecule is Cc1cccc(C)c1N=Cc1nc(C=Nc2c(C)cccc2C)n(Cc2ccccc2)n1.[Cl][Fe][Cl]. The number of halogens is 2. The summed E-state index contributed by atoms with van der Waals surface area (Å²) in [6.07, 6.45) is 3.52. The Hall–Kier alpha value is -2.76. The van der Waals surface area contributed by atoms with Gasteiger partial charge >= 0.3 is 33.3 Å². The molecular weight excluding hydrogens is 521 g/mol. The third-order valence-electron chi connectivity index (χ3n) is 5.39. The zero-order chi connectivity index (χ0) is 25.2. The van der Waals surface area contributed by atoms with Crippen molar-refractivity contribution in [2.45, 2.75) is 34.2 Å². The van der Waals surface area contributed by atoms with Crippen LogP contribution in [-0.4, -0.2) is 27.2 Å². The van der Waals surface area contributed by atoms with Gasteiger partial charge in [-0.05, 0) is 55.5 Å². The van der Waals surface area contributed by atoms with Crippen LogP contribution in [0.25, 0.3) is 0 Å². The number of benzene rings is 3. The monoisotopic (exact) mass is 547 g/mol. The van der Waals surface area contributed by atoms with Crippen LogP contribution >= 0.6 is 20.2 Å². The van der Waals surface area contributed by atoms with Gasteiger partial charge in [0.15, 0.2) is 11.6 Å². The molecule has 4 rings (SSSR count). The molecule has 3 aromatic carbocycles. The number of nitrogens with zero attached hydrogens (tertiary/aromatic N) is 5. The van der Waals surface area contributed by atoms with Crippen LogP contribution in [0.15, 0.2) is 76.7 Å². The fourth-order valence-corrected chi connectivity index (χ4v) is 3.66. The van der Waals surface area contributed by atoms with Gasteiger partial charge in [-0.3, -0.25) is 9.98 Å². The zero-order valence-corrected chi connectivity index (χ0v) is 22.7. The molecule has 1 heterocycles. The summed E-state index contributed by atoms with van der Waals surface area (Å²) < 4.78 is 1.87. The molecule has 8 heteroatoms. The third kappa shape index (κ3) is 7.61. The van der Waals surface area contributed by atoms with E-state index in [-0.39, 0.29) is 13.1 Å². The molecule has 35 heavy (non-hydrogen) atoms. The van der Waals surface area contributed by atoms with E-state index in [4.69, 9.17) is 35.3 Å². The van der Waals surface area contributed by atoms with Gasteiger partial charge in [0.1, 0.15) is 0 Å². The summed E-state index contributed by atoms with van der Waals surface area (Å²) >= 11 is 0.194. The summed E-state index contributed by atoms with van der Waals surface area (Å²) in [6, 6.07) is 22.6. The molecule has 0 saturated carbocycles. The second-order valence-electron chi connectivity index (χ2n) is 8.02. The van der Waals surface area contributed by atoms with Gasteiger partial charge in [0, 0.05) is 0 Å². The molecule has 0 spiro atoms. The molecule has 0 aliphatic carbocycles. The minimum absolute atomic E-state index is 0.194. The number of aliphatic imine (C=N–C) groups is 2.